The number of nitrogens with zero attached hydrogens (tertiary/aromatic N) is 1. The molecule has 0 bridgehead atoms. The fourth-order valence-corrected chi connectivity index (χ4v) is 7.53. The summed E-state index contributed by atoms with van der Waals surface area (Å²) >= 11 is 0. The van der Waals surface area contributed by atoms with Gasteiger partial charge >= 0.3 is 0 Å². The average Bonchev–Trinajstić information content (AvgIpc) is 3.46. The van der Waals surface area contributed by atoms with E-state index in [0.717, 1.165) is 17.1 Å². The van der Waals surface area contributed by atoms with Gasteiger partial charge < -0.3 is 4.90 Å². The molecule has 1 nitrogen and oxygen atoms in total. The molecule has 0 fully saturated rings. The Hall–Kier alpha value is -5.92. The predicted molar refractivity (Wildman–Crippen MR) is 194 cm³/mol. The molecular formula is C45H31N. The maximum Gasteiger partial charge on any atom is 0.0461 e. The van der Waals surface area contributed by atoms with Crippen LogP contribution in [0.3, 0.4) is 0 Å². The maximum absolute atomic E-state index is 2.43. The molecule has 0 aromatic heterocycles. The predicted octanol–water partition coefficient (Wildman–Crippen LogP) is 12.3. The summed E-state index contributed by atoms with van der Waals surface area (Å²) in [5.74, 6) is 0.102. The molecule has 8 aromatic rings. The molecule has 46 heavy (non-hydrogen) atoms. The first-order valence-electron chi connectivity index (χ1n) is 16.0. The van der Waals surface area contributed by atoms with E-state index in [2.05, 4.69) is 187 Å². The molecule has 1 aliphatic rings. The van der Waals surface area contributed by atoms with Gasteiger partial charge in [-0.3, -0.25) is 0 Å². The van der Waals surface area contributed by atoms with E-state index in [1.807, 2.05) is 0 Å². The number of anilines is 3. The lowest BCUT2D eigenvalue weighted by atomic mass is 9.82. The number of para-hydroxylation sites is 2. The zero-order valence-electron chi connectivity index (χ0n) is 25.3. The second-order valence-corrected chi connectivity index (χ2v) is 12.1. The van der Waals surface area contributed by atoms with Crippen LogP contribution in [0.4, 0.5) is 17.1 Å². The Morgan fingerprint density at radius 1 is 0.391 bits per heavy atom. The van der Waals surface area contributed by atoms with Crippen molar-refractivity contribution < 1.29 is 0 Å². The highest BCUT2D eigenvalue weighted by atomic mass is 15.1. The highest BCUT2D eigenvalue weighted by Gasteiger charge is 2.35. The van der Waals surface area contributed by atoms with Crippen molar-refractivity contribution in [3.8, 4) is 22.3 Å². The second-order valence-electron chi connectivity index (χ2n) is 12.1. The minimum Gasteiger partial charge on any atom is -0.311 e. The molecule has 0 aliphatic heterocycles. The molecule has 1 aliphatic carbocycles. The molecule has 0 amide bonds. The molecule has 8 aromatic carbocycles. The van der Waals surface area contributed by atoms with Crippen LogP contribution in [0.1, 0.15) is 22.6 Å². The largest absolute Gasteiger partial charge is 0.311 e. The van der Waals surface area contributed by atoms with Gasteiger partial charge in [0.2, 0.25) is 0 Å². The number of rotatable bonds is 5. The van der Waals surface area contributed by atoms with Gasteiger partial charge in [0.25, 0.3) is 0 Å². The molecule has 0 spiro atoms. The van der Waals surface area contributed by atoms with Crippen molar-refractivity contribution in [2.24, 2.45) is 0 Å². The highest BCUT2D eigenvalue weighted by molar-refractivity contribution is 6.10. The van der Waals surface area contributed by atoms with Crippen LogP contribution in [0.2, 0.25) is 0 Å². The molecule has 216 valence electrons. The summed E-state index contributed by atoms with van der Waals surface area (Å²) in [5.41, 5.74) is 12.8. The van der Waals surface area contributed by atoms with E-state index in [1.54, 1.807) is 0 Å². The summed E-state index contributed by atoms with van der Waals surface area (Å²) in [4.78, 5) is 2.33. The van der Waals surface area contributed by atoms with Crippen LogP contribution in [0.5, 0.6) is 0 Å². The van der Waals surface area contributed by atoms with Crippen LogP contribution in [0.25, 0.3) is 43.8 Å². The van der Waals surface area contributed by atoms with Crippen molar-refractivity contribution in [1.82, 2.24) is 0 Å². The smallest absolute Gasteiger partial charge is 0.0461 e. The molecule has 0 heterocycles. The Balaban J connectivity index is 1.29. The Morgan fingerprint density at radius 3 is 1.57 bits per heavy atom. The molecule has 0 saturated carbocycles. The summed E-state index contributed by atoms with van der Waals surface area (Å²) in [6.45, 7) is 0. The van der Waals surface area contributed by atoms with Gasteiger partial charge in [0.1, 0.15) is 0 Å². The molecule has 0 N–H and O–H groups in total. The van der Waals surface area contributed by atoms with Gasteiger partial charge in [-0.05, 0) is 103 Å². The van der Waals surface area contributed by atoms with Gasteiger partial charge in [0.05, 0.1) is 0 Å². The monoisotopic (exact) mass is 585 g/mol. The van der Waals surface area contributed by atoms with Gasteiger partial charge in [-0.15, -0.1) is 0 Å². The van der Waals surface area contributed by atoms with E-state index in [-0.39, 0.29) is 5.92 Å². The molecule has 1 atom stereocenters. The van der Waals surface area contributed by atoms with E-state index in [1.165, 1.54) is 60.5 Å². The Kier molecular flexibility index (Phi) is 6.28. The SMILES string of the molecule is c1ccc(-c2c3c(cc4ccccc24)-c2c(ccc4ccccc24)C3c2ccc(N(c3ccccc3)c3ccccc3)cc2)cc1. The average molecular weight is 586 g/mol. The second kappa shape index (κ2) is 10.9. The van der Waals surface area contributed by atoms with Gasteiger partial charge in [-0.25, -0.2) is 0 Å². The van der Waals surface area contributed by atoms with Gasteiger partial charge in [-0.2, -0.15) is 0 Å². The fourth-order valence-electron chi connectivity index (χ4n) is 7.53. The zero-order valence-corrected chi connectivity index (χ0v) is 25.3. The number of hydrogen-bond donors (Lipinski definition) is 0. The lowest BCUT2D eigenvalue weighted by molar-refractivity contribution is 1.02. The Labute approximate surface area is 269 Å². The van der Waals surface area contributed by atoms with Crippen molar-refractivity contribution in [2.75, 3.05) is 4.90 Å². The minimum absolute atomic E-state index is 0.102. The molecule has 0 saturated heterocycles. The minimum atomic E-state index is 0.102. The lowest BCUT2D eigenvalue weighted by Crippen LogP contribution is -2.10. The molecule has 9 rings (SSSR count). The van der Waals surface area contributed by atoms with Crippen molar-refractivity contribution in [2.45, 2.75) is 5.92 Å². The molecule has 1 unspecified atom stereocenters. The van der Waals surface area contributed by atoms with E-state index in [9.17, 15) is 0 Å². The summed E-state index contributed by atoms with van der Waals surface area (Å²) in [6, 6.07) is 66.3. The molecule has 1 heteroatoms. The lowest BCUT2D eigenvalue weighted by Gasteiger charge is -2.26. The van der Waals surface area contributed by atoms with Crippen LogP contribution < -0.4 is 4.90 Å². The third-order valence-electron chi connectivity index (χ3n) is 9.50. The summed E-state index contributed by atoms with van der Waals surface area (Å²) in [5, 5.41) is 5.16. The van der Waals surface area contributed by atoms with E-state index < -0.39 is 0 Å². The number of hydrogen-bond acceptors (Lipinski definition) is 1. The summed E-state index contributed by atoms with van der Waals surface area (Å²) in [6.07, 6.45) is 0. The normalized spacial score (nSPS) is 13.4. The zero-order chi connectivity index (χ0) is 30.5. The first-order valence-corrected chi connectivity index (χ1v) is 16.0. The first kappa shape index (κ1) is 26.5. The van der Waals surface area contributed by atoms with Crippen LogP contribution in [-0.4, -0.2) is 0 Å². The Morgan fingerprint density at radius 2 is 0.913 bits per heavy atom. The van der Waals surface area contributed by atoms with E-state index >= 15 is 0 Å². The first-order chi connectivity index (χ1) is 22.8. The van der Waals surface area contributed by atoms with Crippen molar-refractivity contribution in [1.29, 1.82) is 0 Å². The van der Waals surface area contributed by atoms with Crippen molar-refractivity contribution >= 4 is 38.6 Å². The fraction of sp³-hybridized carbons (Fsp3) is 0.0222. The summed E-state index contributed by atoms with van der Waals surface area (Å²) < 4.78 is 0. The maximum atomic E-state index is 2.43. The number of benzene rings is 8. The van der Waals surface area contributed by atoms with E-state index in [0.29, 0.717) is 0 Å². The van der Waals surface area contributed by atoms with E-state index in [4.69, 9.17) is 0 Å². The summed E-state index contributed by atoms with van der Waals surface area (Å²) in [7, 11) is 0. The quantitative estimate of drug-likeness (QED) is 0.194. The van der Waals surface area contributed by atoms with Crippen LogP contribution in [-0.2, 0) is 0 Å². The van der Waals surface area contributed by atoms with Gasteiger partial charge in [0, 0.05) is 23.0 Å². The third kappa shape index (κ3) is 4.24. The Bertz CT molecular complexity index is 2300. The van der Waals surface area contributed by atoms with Gasteiger partial charge in [-0.1, -0.05) is 140 Å². The van der Waals surface area contributed by atoms with Crippen molar-refractivity contribution in [3.05, 3.63) is 199 Å². The molecular weight excluding hydrogens is 555 g/mol. The third-order valence-corrected chi connectivity index (χ3v) is 9.50. The van der Waals surface area contributed by atoms with Crippen LogP contribution >= 0.6 is 0 Å². The number of fused-ring (bicyclic) bond motifs is 6. The van der Waals surface area contributed by atoms with Crippen LogP contribution in [0, 0.1) is 0 Å². The standard InChI is InChI=1S/C45H31N/c1-4-15-32(16-5-1)42-39-23-13-11-17-34(39)30-41-44-38-22-12-10-14-31(38)26-29-40(44)43(45(41)42)33-24-27-37(28-25-33)46(35-18-6-2-7-19-35)36-20-8-3-9-21-36/h1-30,43H. The van der Waals surface area contributed by atoms with Crippen LogP contribution in [0.15, 0.2) is 182 Å². The van der Waals surface area contributed by atoms with Gasteiger partial charge in [0.15, 0.2) is 0 Å². The highest BCUT2D eigenvalue weighted by Crippen LogP contribution is 2.55. The van der Waals surface area contributed by atoms with Crippen molar-refractivity contribution in [3.63, 3.8) is 0 Å². The topological polar surface area (TPSA) is 3.24 Å². The molecule has 0 radical (unpaired) electrons.